The second-order valence-corrected chi connectivity index (χ2v) is 4.61. The molecular weight excluding hydrogens is 228 g/mol. The van der Waals surface area contributed by atoms with Crippen LogP contribution < -0.4 is 5.32 Å². The average molecular weight is 246 g/mol. The van der Waals surface area contributed by atoms with E-state index in [1.807, 2.05) is 0 Å². The van der Waals surface area contributed by atoms with Crippen LogP contribution in [0.3, 0.4) is 0 Å². The van der Waals surface area contributed by atoms with Crippen molar-refractivity contribution in [2.24, 2.45) is 0 Å². The minimum absolute atomic E-state index is 0.0409. The Morgan fingerprint density at radius 1 is 1.56 bits per heavy atom. The van der Waals surface area contributed by atoms with Crippen LogP contribution in [0.5, 0.6) is 0 Å². The van der Waals surface area contributed by atoms with Crippen LogP contribution >= 0.6 is 11.8 Å². The molecular formula is C10H18N2O3S. The molecule has 92 valence electrons. The van der Waals surface area contributed by atoms with Gasteiger partial charge >= 0.3 is 5.97 Å². The van der Waals surface area contributed by atoms with Gasteiger partial charge in [-0.05, 0) is 14.0 Å². The lowest BCUT2D eigenvalue weighted by Gasteiger charge is -2.33. The molecule has 1 heterocycles. The van der Waals surface area contributed by atoms with Gasteiger partial charge in [0.25, 0.3) is 0 Å². The fourth-order valence-corrected chi connectivity index (χ4v) is 2.62. The second-order valence-electron chi connectivity index (χ2n) is 3.46. The van der Waals surface area contributed by atoms with E-state index < -0.39 is 6.04 Å². The molecule has 1 fully saturated rings. The van der Waals surface area contributed by atoms with Gasteiger partial charge in [0.2, 0.25) is 5.91 Å². The smallest absolute Gasteiger partial charge is 0.329 e. The third-order valence-electron chi connectivity index (χ3n) is 2.34. The summed E-state index contributed by atoms with van der Waals surface area (Å²) in [5, 5.41) is 2.81. The van der Waals surface area contributed by atoms with Crippen molar-refractivity contribution < 1.29 is 14.3 Å². The van der Waals surface area contributed by atoms with Crippen molar-refractivity contribution in [3.63, 3.8) is 0 Å². The van der Waals surface area contributed by atoms with Gasteiger partial charge in [0.05, 0.1) is 13.2 Å². The normalized spacial score (nSPS) is 20.6. The number of nitrogens with one attached hydrogen (secondary N) is 1. The molecule has 0 spiro atoms. The van der Waals surface area contributed by atoms with Gasteiger partial charge in [-0.2, -0.15) is 11.8 Å². The number of likely N-dealkylation sites (N-methyl/N-ethyl adjacent to an activating group) is 1. The summed E-state index contributed by atoms with van der Waals surface area (Å²) in [5.74, 6) is 1.18. The third kappa shape index (κ3) is 3.38. The van der Waals surface area contributed by atoms with Gasteiger partial charge in [0.15, 0.2) is 0 Å². The van der Waals surface area contributed by atoms with Crippen LogP contribution in [0, 0.1) is 0 Å². The number of thioether (sulfide) groups is 1. The van der Waals surface area contributed by atoms with E-state index in [1.54, 1.807) is 30.6 Å². The Labute approximate surface area is 99.9 Å². The molecule has 1 atom stereocenters. The van der Waals surface area contributed by atoms with Crippen LogP contribution in [-0.2, 0) is 14.3 Å². The SMILES string of the molecule is CCOC(=O)C1CSCCN1C(=O)CNC. The van der Waals surface area contributed by atoms with Gasteiger partial charge < -0.3 is 15.0 Å². The zero-order chi connectivity index (χ0) is 12.0. The summed E-state index contributed by atoms with van der Waals surface area (Å²) in [6.07, 6.45) is 0. The quantitative estimate of drug-likeness (QED) is 0.691. The van der Waals surface area contributed by atoms with Crippen molar-refractivity contribution in [2.45, 2.75) is 13.0 Å². The van der Waals surface area contributed by atoms with E-state index in [-0.39, 0.29) is 18.4 Å². The Morgan fingerprint density at radius 2 is 2.31 bits per heavy atom. The zero-order valence-electron chi connectivity index (χ0n) is 9.69. The molecule has 0 aliphatic carbocycles. The van der Waals surface area contributed by atoms with Gasteiger partial charge in [-0.15, -0.1) is 0 Å². The fraction of sp³-hybridized carbons (Fsp3) is 0.800. The number of amides is 1. The van der Waals surface area contributed by atoms with Crippen LogP contribution in [0.15, 0.2) is 0 Å². The molecule has 0 aromatic rings. The maximum absolute atomic E-state index is 11.8. The highest BCUT2D eigenvalue weighted by Gasteiger charge is 2.32. The first-order valence-electron chi connectivity index (χ1n) is 5.39. The van der Waals surface area contributed by atoms with Crippen molar-refractivity contribution in [1.82, 2.24) is 10.2 Å². The molecule has 5 nitrogen and oxygen atoms in total. The summed E-state index contributed by atoms with van der Waals surface area (Å²) < 4.78 is 4.97. The molecule has 6 heteroatoms. The highest BCUT2D eigenvalue weighted by atomic mass is 32.2. The molecule has 0 bridgehead atoms. The maximum atomic E-state index is 11.8. The van der Waals surface area contributed by atoms with Crippen molar-refractivity contribution in [2.75, 3.05) is 38.2 Å². The average Bonchev–Trinajstić information content (AvgIpc) is 2.30. The highest BCUT2D eigenvalue weighted by molar-refractivity contribution is 7.99. The molecule has 1 unspecified atom stereocenters. The lowest BCUT2D eigenvalue weighted by molar-refractivity contribution is -0.153. The largest absolute Gasteiger partial charge is 0.464 e. The number of rotatable bonds is 4. The first-order valence-corrected chi connectivity index (χ1v) is 6.54. The van der Waals surface area contributed by atoms with Crippen molar-refractivity contribution in [1.29, 1.82) is 0 Å². The van der Waals surface area contributed by atoms with Crippen LogP contribution in [0.1, 0.15) is 6.92 Å². The number of ether oxygens (including phenoxy) is 1. The number of hydrogen-bond donors (Lipinski definition) is 1. The Kier molecular flexibility index (Phi) is 5.62. The van der Waals surface area contributed by atoms with Gasteiger partial charge in [-0.3, -0.25) is 4.79 Å². The molecule has 1 amide bonds. The van der Waals surface area contributed by atoms with Crippen molar-refractivity contribution in [3.05, 3.63) is 0 Å². The second kappa shape index (κ2) is 6.75. The van der Waals surface area contributed by atoms with Crippen molar-refractivity contribution in [3.8, 4) is 0 Å². The summed E-state index contributed by atoms with van der Waals surface area (Å²) in [6, 6.07) is -0.417. The molecule has 0 aromatic carbocycles. The number of carbonyl (C=O) groups is 2. The molecule has 16 heavy (non-hydrogen) atoms. The van der Waals surface area contributed by atoms with Crippen molar-refractivity contribution >= 4 is 23.6 Å². The first-order chi connectivity index (χ1) is 7.70. The number of carbonyl (C=O) groups excluding carboxylic acids is 2. The summed E-state index contributed by atoms with van der Waals surface area (Å²) in [7, 11) is 1.72. The zero-order valence-corrected chi connectivity index (χ0v) is 10.5. The molecule has 0 aromatic heterocycles. The van der Waals surface area contributed by atoms with E-state index in [0.717, 1.165) is 5.75 Å². The molecule has 1 aliphatic rings. The molecule has 1 saturated heterocycles. The summed E-state index contributed by atoms with van der Waals surface area (Å²) in [4.78, 5) is 25.0. The van der Waals surface area contributed by atoms with Gasteiger partial charge in [-0.1, -0.05) is 0 Å². The van der Waals surface area contributed by atoms with Crippen LogP contribution in [-0.4, -0.2) is 61.1 Å². The van der Waals surface area contributed by atoms with Gasteiger partial charge in [0, 0.05) is 18.1 Å². The van der Waals surface area contributed by atoms with Crippen LogP contribution in [0.2, 0.25) is 0 Å². The standard InChI is InChI=1S/C10H18N2O3S/c1-3-15-10(14)8-7-16-5-4-12(8)9(13)6-11-2/h8,11H,3-7H2,1-2H3. The molecule has 1 rings (SSSR count). The number of hydrogen-bond acceptors (Lipinski definition) is 5. The Hall–Kier alpha value is -0.750. The van der Waals surface area contributed by atoms with Gasteiger partial charge in [-0.25, -0.2) is 4.79 Å². The predicted octanol–water partition coefficient (Wildman–Crippen LogP) is -0.287. The number of esters is 1. The highest BCUT2D eigenvalue weighted by Crippen LogP contribution is 2.17. The number of nitrogens with zero attached hydrogens (tertiary/aromatic N) is 1. The summed E-state index contributed by atoms with van der Waals surface area (Å²) in [6.45, 7) is 3.01. The van der Waals surface area contributed by atoms with Gasteiger partial charge in [0.1, 0.15) is 6.04 Å². The lowest BCUT2D eigenvalue weighted by Crippen LogP contribution is -2.52. The van der Waals surface area contributed by atoms with E-state index in [1.165, 1.54) is 0 Å². The van der Waals surface area contributed by atoms with Crippen LogP contribution in [0.25, 0.3) is 0 Å². The Morgan fingerprint density at radius 3 is 2.94 bits per heavy atom. The van der Waals surface area contributed by atoms with E-state index >= 15 is 0 Å². The van der Waals surface area contributed by atoms with E-state index in [4.69, 9.17) is 4.74 Å². The predicted molar refractivity (Wildman–Crippen MR) is 63.4 cm³/mol. The monoisotopic (exact) mass is 246 g/mol. The molecule has 0 saturated carbocycles. The molecule has 1 aliphatic heterocycles. The minimum atomic E-state index is -0.417. The van der Waals surface area contributed by atoms with E-state index in [2.05, 4.69) is 5.32 Å². The summed E-state index contributed by atoms with van der Waals surface area (Å²) in [5.41, 5.74) is 0. The lowest BCUT2D eigenvalue weighted by atomic mass is 10.2. The third-order valence-corrected chi connectivity index (χ3v) is 3.36. The minimum Gasteiger partial charge on any atom is -0.464 e. The topological polar surface area (TPSA) is 58.6 Å². The first kappa shape index (κ1) is 13.3. The molecule has 1 N–H and O–H groups in total. The van der Waals surface area contributed by atoms with E-state index in [9.17, 15) is 9.59 Å². The summed E-state index contributed by atoms with van der Waals surface area (Å²) >= 11 is 1.68. The maximum Gasteiger partial charge on any atom is 0.329 e. The van der Waals surface area contributed by atoms with Crippen LogP contribution in [0.4, 0.5) is 0 Å². The Bertz CT molecular complexity index is 234. The Balaban J connectivity index is 2.63. The van der Waals surface area contributed by atoms with E-state index in [0.29, 0.717) is 18.9 Å². The fourth-order valence-electron chi connectivity index (χ4n) is 1.59. The molecule has 0 radical (unpaired) electrons.